The zero-order chi connectivity index (χ0) is 18.9. The highest BCUT2D eigenvalue weighted by Crippen LogP contribution is 2.43. The van der Waals surface area contributed by atoms with Gasteiger partial charge in [0.25, 0.3) is 5.95 Å². The summed E-state index contributed by atoms with van der Waals surface area (Å²) in [6, 6.07) is 9.70. The number of fused-ring (bicyclic) bond motifs is 1. The average molecular weight is 406 g/mol. The number of hydrogen-bond acceptors (Lipinski definition) is 8. The lowest BCUT2D eigenvalue weighted by molar-refractivity contribution is 0.944. The maximum Gasteiger partial charge on any atom is 0.256 e. The smallest absolute Gasteiger partial charge is 0.256 e. The van der Waals surface area contributed by atoms with Gasteiger partial charge in [-0.25, -0.2) is 9.50 Å². The summed E-state index contributed by atoms with van der Waals surface area (Å²) in [5.74, 6) is 1.35. The van der Waals surface area contributed by atoms with Crippen LogP contribution in [-0.4, -0.2) is 29.5 Å². The van der Waals surface area contributed by atoms with Crippen LogP contribution in [0.3, 0.4) is 0 Å². The van der Waals surface area contributed by atoms with Gasteiger partial charge >= 0.3 is 0 Å². The van der Waals surface area contributed by atoms with Gasteiger partial charge in [-0.2, -0.15) is 4.98 Å². The second kappa shape index (κ2) is 7.10. The third-order valence-corrected chi connectivity index (χ3v) is 6.30. The van der Waals surface area contributed by atoms with Gasteiger partial charge in [0.2, 0.25) is 0 Å². The van der Waals surface area contributed by atoms with E-state index in [0.717, 1.165) is 38.3 Å². The van der Waals surface area contributed by atoms with Crippen LogP contribution in [0.2, 0.25) is 0 Å². The number of aryl methyl sites for hydroxylation is 1. The Labute approximate surface area is 169 Å². The zero-order valence-corrected chi connectivity index (χ0v) is 16.6. The van der Waals surface area contributed by atoms with Crippen LogP contribution in [0.25, 0.3) is 15.4 Å². The number of anilines is 3. The summed E-state index contributed by atoms with van der Waals surface area (Å²) in [5.41, 5.74) is 3.47. The molecule has 9 heteroatoms. The third-order valence-electron chi connectivity index (χ3n) is 4.16. The minimum Gasteiger partial charge on any atom is -0.263 e. The molecule has 0 atom stereocenters. The largest absolute Gasteiger partial charge is 0.263 e. The lowest BCUT2D eigenvalue weighted by Gasteiger charge is -2.19. The Morgan fingerprint density at radius 2 is 2.04 bits per heavy atom. The van der Waals surface area contributed by atoms with E-state index < -0.39 is 0 Å². The van der Waals surface area contributed by atoms with Crippen LogP contribution < -0.4 is 4.90 Å². The lowest BCUT2D eigenvalue weighted by Crippen LogP contribution is -2.13. The molecule has 0 saturated carbocycles. The molecule has 0 fully saturated rings. The van der Waals surface area contributed by atoms with Crippen molar-refractivity contribution in [3.63, 3.8) is 0 Å². The molecule has 0 aliphatic heterocycles. The number of nitrogens with zero attached hydrogens (tertiary/aromatic N) is 7. The predicted octanol–water partition coefficient (Wildman–Crippen LogP) is 4.74. The highest BCUT2D eigenvalue weighted by Gasteiger charge is 2.25. The van der Waals surface area contributed by atoms with E-state index in [4.69, 9.17) is 9.97 Å². The van der Waals surface area contributed by atoms with Crippen LogP contribution in [0.4, 0.5) is 17.5 Å². The van der Waals surface area contributed by atoms with E-state index in [1.807, 2.05) is 53.1 Å². The van der Waals surface area contributed by atoms with Gasteiger partial charge in [-0.1, -0.05) is 13.0 Å². The summed E-state index contributed by atoms with van der Waals surface area (Å²) < 4.78 is 1.76. The summed E-state index contributed by atoms with van der Waals surface area (Å²) in [6.45, 7) is 2.11. The van der Waals surface area contributed by atoms with Gasteiger partial charge in [-0.3, -0.25) is 14.9 Å². The fourth-order valence-corrected chi connectivity index (χ4v) is 4.60. The number of thiazole rings is 2. The van der Waals surface area contributed by atoms with E-state index in [1.54, 1.807) is 39.6 Å². The molecule has 0 unspecified atom stereocenters. The van der Waals surface area contributed by atoms with Crippen LogP contribution >= 0.6 is 22.7 Å². The minimum absolute atomic E-state index is 0.554. The van der Waals surface area contributed by atoms with Crippen molar-refractivity contribution in [2.24, 2.45) is 0 Å². The van der Waals surface area contributed by atoms with E-state index in [-0.39, 0.29) is 0 Å². The van der Waals surface area contributed by atoms with Gasteiger partial charge in [0.15, 0.2) is 11.5 Å². The predicted molar refractivity (Wildman–Crippen MR) is 112 cm³/mol. The standard InChI is InChI=1S/C19H15N7S2/c1-2-16-23-18(17(28-16)14-11-21-12-27-14)26(13-6-5-8-20-10-13)19-22-15-7-3-4-9-25(15)24-19/h3-12H,2H2,1H3. The van der Waals surface area contributed by atoms with Crippen molar-refractivity contribution in [3.8, 4) is 9.75 Å². The van der Waals surface area contributed by atoms with Crippen molar-refractivity contribution in [1.29, 1.82) is 0 Å². The SMILES string of the molecule is CCc1nc(N(c2cccnc2)c2nc3ccccn3n2)c(-c2cncs2)s1. The van der Waals surface area contributed by atoms with Crippen LogP contribution in [0.15, 0.2) is 60.6 Å². The number of rotatable bonds is 5. The van der Waals surface area contributed by atoms with E-state index >= 15 is 0 Å². The summed E-state index contributed by atoms with van der Waals surface area (Å²) in [6.07, 6.45) is 8.17. The molecule has 0 amide bonds. The minimum atomic E-state index is 0.554. The molecular weight excluding hydrogens is 390 g/mol. The molecule has 0 aliphatic rings. The zero-order valence-electron chi connectivity index (χ0n) is 14.9. The van der Waals surface area contributed by atoms with Gasteiger partial charge in [0.1, 0.15) is 0 Å². The highest BCUT2D eigenvalue weighted by molar-refractivity contribution is 7.21. The molecule has 0 saturated heterocycles. The molecule has 0 N–H and O–H groups in total. The van der Waals surface area contributed by atoms with Crippen molar-refractivity contribution in [2.75, 3.05) is 4.90 Å². The molecule has 5 aromatic rings. The van der Waals surface area contributed by atoms with E-state index in [0.29, 0.717) is 5.95 Å². The third kappa shape index (κ3) is 2.94. The molecule has 5 aromatic heterocycles. The van der Waals surface area contributed by atoms with Crippen molar-refractivity contribution in [2.45, 2.75) is 13.3 Å². The molecule has 0 bridgehead atoms. The van der Waals surface area contributed by atoms with Gasteiger partial charge in [-0.15, -0.1) is 27.8 Å². The van der Waals surface area contributed by atoms with Gasteiger partial charge in [0, 0.05) is 18.6 Å². The van der Waals surface area contributed by atoms with Crippen LogP contribution in [0, 0.1) is 0 Å². The Morgan fingerprint density at radius 3 is 2.79 bits per heavy atom. The molecule has 0 aromatic carbocycles. The normalized spacial score (nSPS) is 11.2. The summed E-state index contributed by atoms with van der Waals surface area (Å²) in [4.78, 5) is 22.3. The molecule has 28 heavy (non-hydrogen) atoms. The van der Waals surface area contributed by atoms with Crippen LogP contribution in [0.1, 0.15) is 11.9 Å². The number of aromatic nitrogens is 6. The Morgan fingerprint density at radius 1 is 1.07 bits per heavy atom. The van der Waals surface area contributed by atoms with E-state index in [2.05, 4.69) is 22.0 Å². The molecule has 5 heterocycles. The molecule has 7 nitrogen and oxygen atoms in total. The number of hydrogen-bond donors (Lipinski definition) is 0. The lowest BCUT2D eigenvalue weighted by atomic mass is 10.3. The molecule has 0 aliphatic carbocycles. The topological polar surface area (TPSA) is 72.1 Å². The fourth-order valence-electron chi connectivity index (χ4n) is 2.88. The molecule has 0 radical (unpaired) electrons. The van der Waals surface area contributed by atoms with E-state index in [1.165, 1.54) is 0 Å². The van der Waals surface area contributed by atoms with Crippen molar-refractivity contribution >= 4 is 45.8 Å². The maximum absolute atomic E-state index is 4.91. The Hall–Kier alpha value is -3.17. The van der Waals surface area contributed by atoms with Gasteiger partial charge < -0.3 is 0 Å². The Balaban J connectivity index is 1.75. The fraction of sp³-hybridized carbons (Fsp3) is 0.105. The Bertz CT molecular complexity index is 1180. The van der Waals surface area contributed by atoms with Crippen molar-refractivity contribution in [1.82, 2.24) is 29.5 Å². The summed E-state index contributed by atoms with van der Waals surface area (Å²) in [5, 5.41) is 5.73. The first-order chi connectivity index (χ1) is 13.8. The first kappa shape index (κ1) is 17.0. The first-order valence-corrected chi connectivity index (χ1v) is 10.4. The second-order valence-corrected chi connectivity index (χ2v) is 7.91. The quantitative estimate of drug-likeness (QED) is 0.421. The van der Waals surface area contributed by atoms with E-state index in [9.17, 15) is 0 Å². The Kier molecular flexibility index (Phi) is 4.30. The first-order valence-electron chi connectivity index (χ1n) is 8.73. The van der Waals surface area contributed by atoms with Crippen LogP contribution in [0.5, 0.6) is 0 Å². The number of pyridine rings is 2. The summed E-state index contributed by atoms with van der Waals surface area (Å²) >= 11 is 3.27. The van der Waals surface area contributed by atoms with Gasteiger partial charge in [-0.05, 0) is 30.7 Å². The highest BCUT2D eigenvalue weighted by atomic mass is 32.1. The average Bonchev–Trinajstić information content (AvgIpc) is 3.48. The molecule has 138 valence electrons. The molecule has 5 rings (SSSR count). The van der Waals surface area contributed by atoms with Gasteiger partial charge in [0.05, 0.1) is 32.2 Å². The second-order valence-electron chi connectivity index (χ2n) is 5.94. The molecule has 0 spiro atoms. The van der Waals surface area contributed by atoms with Crippen molar-refractivity contribution in [3.05, 3.63) is 65.6 Å². The maximum atomic E-state index is 4.91. The molecular formula is C19H15N7S2. The summed E-state index contributed by atoms with van der Waals surface area (Å²) in [7, 11) is 0. The van der Waals surface area contributed by atoms with Crippen molar-refractivity contribution < 1.29 is 0 Å². The van der Waals surface area contributed by atoms with Crippen LogP contribution in [-0.2, 0) is 6.42 Å². The monoisotopic (exact) mass is 405 g/mol.